The maximum absolute atomic E-state index is 11.9. The second-order valence-corrected chi connectivity index (χ2v) is 6.86. The Balaban J connectivity index is 2.49. The first-order valence-corrected chi connectivity index (χ1v) is 8.23. The van der Waals surface area contributed by atoms with Crippen molar-refractivity contribution in [2.24, 2.45) is 0 Å². The van der Waals surface area contributed by atoms with Crippen LogP contribution in [-0.2, 0) is 27.2 Å². The molecule has 24 heavy (non-hydrogen) atoms. The molecule has 0 aliphatic rings. The Morgan fingerprint density at radius 3 is 2.58 bits per heavy atom. The number of carbonyl (C=O) groups is 2. The number of hydrogen-bond donors (Lipinski definition) is 0. The van der Waals surface area contributed by atoms with Gasteiger partial charge >= 0.3 is 12.1 Å². The van der Waals surface area contributed by atoms with Crippen LogP contribution in [0.2, 0.25) is 0 Å². The van der Waals surface area contributed by atoms with Gasteiger partial charge in [0.1, 0.15) is 11.7 Å². The van der Waals surface area contributed by atoms with Crippen LogP contribution >= 0.6 is 0 Å². The summed E-state index contributed by atoms with van der Waals surface area (Å²) in [4.78, 5) is 24.5. The molecule has 0 saturated heterocycles. The third-order valence-corrected chi connectivity index (χ3v) is 3.31. The van der Waals surface area contributed by atoms with Gasteiger partial charge in [0.05, 0.1) is 12.7 Å². The highest BCUT2D eigenvalue weighted by Crippen LogP contribution is 2.10. The Labute approximate surface area is 143 Å². The first kappa shape index (κ1) is 20.0. The summed E-state index contributed by atoms with van der Waals surface area (Å²) in [5.74, 6) is -0.270. The fourth-order valence-electron chi connectivity index (χ4n) is 2.08. The molecular formula is C17H29N3O4. The van der Waals surface area contributed by atoms with Gasteiger partial charge in [0.15, 0.2) is 0 Å². The van der Waals surface area contributed by atoms with E-state index in [0.29, 0.717) is 19.5 Å². The van der Waals surface area contributed by atoms with Crippen molar-refractivity contribution in [1.29, 1.82) is 0 Å². The van der Waals surface area contributed by atoms with E-state index in [9.17, 15) is 9.59 Å². The zero-order valence-electron chi connectivity index (χ0n) is 15.5. The zero-order chi connectivity index (χ0) is 18.3. The summed E-state index contributed by atoms with van der Waals surface area (Å²) >= 11 is 0. The number of amides is 1. The van der Waals surface area contributed by atoms with E-state index >= 15 is 0 Å². The summed E-state index contributed by atoms with van der Waals surface area (Å²) < 4.78 is 12.3. The average molecular weight is 339 g/mol. The Morgan fingerprint density at radius 1 is 1.38 bits per heavy atom. The molecule has 0 aromatic carbocycles. The number of nitrogens with zero attached hydrogens (tertiary/aromatic N) is 3. The summed E-state index contributed by atoms with van der Waals surface area (Å²) in [6.45, 7) is 9.98. The molecule has 1 aromatic rings. The third kappa shape index (κ3) is 7.48. The molecular weight excluding hydrogens is 310 g/mol. The van der Waals surface area contributed by atoms with E-state index in [1.165, 1.54) is 11.8 Å². The highest BCUT2D eigenvalue weighted by atomic mass is 16.6. The molecule has 7 heteroatoms. The van der Waals surface area contributed by atoms with Crippen LogP contribution in [0.25, 0.3) is 0 Å². The maximum Gasteiger partial charge on any atom is 0.410 e. The van der Waals surface area contributed by atoms with E-state index in [-0.39, 0.29) is 18.2 Å². The van der Waals surface area contributed by atoms with E-state index in [1.54, 1.807) is 17.9 Å². The van der Waals surface area contributed by atoms with Crippen LogP contribution in [0, 0.1) is 0 Å². The molecule has 0 saturated carbocycles. The van der Waals surface area contributed by atoms with Crippen molar-refractivity contribution in [3.8, 4) is 0 Å². The van der Waals surface area contributed by atoms with Gasteiger partial charge < -0.3 is 14.4 Å². The van der Waals surface area contributed by atoms with Crippen LogP contribution in [-0.4, -0.2) is 52.0 Å². The van der Waals surface area contributed by atoms with Crippen LogP contribution in [0.1, 0.15) is 46.6 Å². The average Bonchev–Trinajstić information content (AvgIpc) is 2.89. The smallest absolute Gasteiger partial charge is 0.410 e. The molecule has 1 aromatic heterocycles. The van der Waals surface area contributed by atoms with Gasteiger partial charge in [-0.2, -0.15) is 5.10 Å². The summed E-state index contributed by atoms with van der Waals surface area (Å²) in [6.07, 6.45) is 4.58. The monoisotopic (exact) mass is 339 g/mol. The van der Waals surface area contributed by atoms with Gasteiger partial charge in [0.25, 0.3) is 0 Å². The van der Waals surface area contributed by atoms with E-state index in [2.05, 4.69) is 5.10 Å². The van der Waals surface area contributed by atoms with E-state index in [0.717, 1.165) is 12.0 Å². The maximum atomic E-state index is 11.9. The number of aromatic nitrogens is 2. The van der Waals surface area contributed by atoms with E-state index in [4.69, 9.17) is 9.47 Å². The molecule has 136 valence electrons. The van der Waals surface area contributed by atoms with Crippen molar-refractivity contribution < 1.29 is 19.1 Å². The minimum Gasteiger partial charge on any atom is -0.462 e. The van der Waals surface area contributed by atoms with Gasteiger partial charge in [-0.3, -0.25) is 9.48 Å². The number of esters is 1. The van der Waals surface area contributed by atoms with Crippen molar-refractivity contribution in [3.05, 3.63) is 18.0 Å². The molecule has 0 spiro atoms. The largest absolute Gasteiger partial charge is 0.462 e. The molecule has 1 rings (SSSR count). The van der Waals surface area contributed by atoms with Gasteiger partial charge in [0.2, 0.25) is 0 Å². The number of carbonyl (C=O) groups excluding carboxylic acids is 2. The molecule has 1 amide bonds. The molecule has 0 bridgehead atoms. The molecule has 1 heterocycles. The lowest BCUT2D eigenvalue weighted by Crippen LogP contribution is -2.36. The highest BCUT2D eigenvalue weighted by Gasteiger charge is 2.19. The second kappa shape index (κ2) is 8.70. The lowest BCUT2D eigenvalue weighted by Gasteiger charge is -2.24. The third-order valence-electron chi connectivity index (χ3n) is 3.31. The molecule has 0 aliphatic carbocycles. The van der Waals surface area contributed by atoms with Gasteiger partial charge in [0, 0.05) is 33.1 Å². The predicted octanol–water partition coefficient (Wildman–Crippen LogP) is 2.63. The van der Waals surface area contributed by atoms with Gasteiger partial charge in [-0.25, -0.2) is 4.79 Å². The van der Waals surface area contributed by atoms with Crippen LogP contribution < -0.4 is 0 Å². The topological polar surface area (TPSA) is 73.7 Å². The summed E-state index contributed by atoms with van der Waals surface area (Å²) in [5, 5.41) is 4.29. The minimum atomic E-state index is -0.504. The van der Waals surface area contributed by atoms with Gasteiger partial charge in [-0.1, -0.05) is 6.92 Å². The van der Waals surface area contributed by atoms with Crippen LogP contribution in [0.3, 0.4) is 0 Å². The number of likely N-dealkylation sites (N-methyl/N-ethyl adjacent to an activating group) is 1. The predicted molar refractivity (Wildman–Crippen MR) is 90.6 cm³/mol. The van der Waals surface area contributed by atoms with Gasteiger partial charge in [-0.05, 0) is 32.8 Å². The summed E-state index contributed by atoms with van der Waals surface area (Å²) in [6, 6.07) is 0. The Morgan fingerprint density at radius 2 is 2.04 bits per heavy atom. The SMILES string of the molecule is CCC(Cc1cnn(CCN(C)C(=O)OC(C)(C)C)c1)OC(C)=O. The quantitative estimate of drug-likeness (QED) is 0.714. The van der Waals surface area contributed by atoms with E-state index < -0.39 is 5.60 Å². The molecule has 0 N–H and O–H groups in total. The second-order valence-electron chi connectivity index (χ2n) is 6.86. The van der Waals surface area contributed by atoms with E-state index in [1.807, 2.05) is 33.9 Å². The van der Waals surface area contributed by atoms with Crippen molar-refractivity contribution in [2.45, 2.75) is 65.7 Å². The van der Waals surface area contributed by atoms with Crippen LogP contribution in [0.4, 0.5) is 4.79 Å². The number of ether oxygens (including phenoxy) is 2. The Bertz CT molecular complexity index is 548. The summed E-state index contributed by atoms with van der Waals surface area (Å²) in [7, 11) is 1.70. The fraction of sp³-hybridized carbons (Fsp3) is 0.706. The minimum absolute atomic E-state index is 0.135. The van der Waals surface area contributed by atoms with Gasteiger partial charge in [-0.15, -0.1) is 0 Å². The van der Waals surface area contributed by atoms with Crippen molar-refractivity contribution in [3.63, 3.8) is 0 Å². The molecule has 0 aliphatic heterocycles. The number of hydrogen-bond acceptors (Lipinski definition) is 5. The van der Waals surface area contributed by atoms with Crippen LogP contribution in [0.5, 0.6) is 0 Å². The lowest BCUT2D eigenvalue weighted by atomic mass is 10.1. The molecule has 1 atom stereocenters. The Kier molecular flexibility index (Phi) is 7.25. The molecule has 1 unspecified atom stereocenters. The van der Waals surface area contributed by atoms with Crippen molar-refractivity contribution >= 4 is 12.1 Å². The van der Waals surface area contributed by atoms with Crippen molar-refractivity contribution in [1.82, 2.24) is 14.7 Å². The first-order valence-electron chi connectivity index (χ1n) is 8.23. The summed E-state index contributed by atoms with van der Waals surface area (Å²) in [5.41, 5.74) is 0.499. The Hall–Kier alpha value is -2.05. The zero-order valence-corrected chi connectivity index (χ0v) is 15.5. The standard InChI is InChI=1S/C17H29N3O4/c1-7-15(23-13(2)21)10-14-11-18-20(12-14)9-8-19(6)16(22)24-17(3,4)5/h11-12,15H,7-10H2,1-6H3. The lowest BCUT2D eigenvalue weighted by molar-refractivity contribution is -0.146. The fourth-order valence-corrected chi connectivity index (χ4v) is 2.08. The normalized spacial score (nSPS) is 12.6. The first-order chi connectivity index (χ1) is 11.1. The highest BCUT2D eigenvalue weighted by molar-refractivity contribution is 5.67. The molecule has 0 fully saturated rings. The molecule has 7 nitrogen and oxygen atoms in total. The molecule has 0 radical (unpaired) electrons. The van der Waals surface area contributed by atoms with Crippen molar-refractivity contribution in [2.75, 3.05) is 13.6 Å². The van der Waals surface area contributed by atoms with Crippen LogP contribution in [0.15, 0.2) is 12.4 Å². The number of rotatable bonds is 7.